The van der Waals surface area contributed by atoms with Crippen molar-refractivity contribution < 1.29 is 14.7 Å². The summed E-state index contributed by atoms with van der Waals surface area (Å²) < 4.78 is 0. The van der Waals surface area contributed by atoms with E-state index in [1.165, 1.54) is 4.90 Å². The molecule has 104 valence electrons. The Morgan fingerprint density at radius 3 is 2.00 bits per heavy atom. The molecule has 0 radical (unpaired) electrons. The highest BCUT2D eigenvalue weighted by Crippen LogP contribution is 2.20. The summed E-state index contributed by atoms with van der Waals surface area (Å²) in [5.41, 5.74) is 11.7. The fourth-order valence-corrected chi connectivity index (χ4v) is 1.76. The average molecular weight is 265 g/mol. The van der Waals surface area contributed by atoms with Crippen LogP contribution >= 0.6 is 0 Å². The van der Waals surface area contributed by atoms with Crippen molar-refractivity contribution in [3.05, 3.63) is 29.8 Å². The van der Waals surface area contributed by atoms with Gasteiger partial charge in [0.1, 0.15) is 0 Å². The van der Waals surface area contributed by atoms with E-state index in [1.54, 1.807) is 24.3 Å². The van der Waals surface area contributed by atoms with E-state index >= 15 is 0 Å². The predicted octanol–water partition coefficient (Wildman–Crippen LogP) is -0.0930. The third-order valence-electron chi connectivity index (χ3n) is 2.72. The van der Waals surface area contributed by atoms with Crippen LogP contribution in [0.25, 0.3) is 0 Å². The summed E-state index contributed by atoms with van der Waals surface area (Å²) in [5.74, 6) is -1.09. The molecule has 19 heavy (non-hydrogen) atoms. The molecule has 1 rings (SSSR count). The first-order valence-corrected chi connectivity index (χ1v) is 6.03. The Labute approximate surface area is 112 Å². The number of hydrogen-bond acceptors (Lipinski definition) is 4. The van der Waals surface area contributed by atoms with Crippen LogP contribution in [0.5, 0.6) is 0 Å². The third kappa shape index (κ3) is 4.59. The van der Waals surface area contributed by atoms with Crippen LogP contribution < -0.4 is 16.4 Å². The maximum absolute atomic E-state index is 11.0. The summed E-state index contributed by atoms with van der Waals surface area (Å²) in [5, 5.41) is 9.69. The molecule has 5 N–H and O–H groups in total. The first kappa shape index (κ1) is 15.0. The smallest absolute Gasteiger partial charge is 0.236 e. The van der Waals surface area contributed by atoms with Crippen molar-refractivity contribution in [2.75, 3.05) is 18.0 Å². The number of hydrogen-bond donors (Lipinski definition) is 3. The number of benzene rings is 1. The van der Waals surface area contributed by atoms with Crippen molar-refractivity contribution >= 4 is 17.5 Å². The minimum absolute atomic E-state index is 0.0847. The number of carbonyl (C=O) groups excluding carboxylic acids is 2. The van der Waals surface area contributed by atoms with E-state index in [-0.39, 0.29) is 13.1 Å². The van der Waals surface area contributed by atoms with Crippen LogP contribution in [0.1, 0.15) is 25.0 Å². The molecule has 0 saturated carbocycles. The van der Waals surface area contributed by atoms with Crippen LogP contribution in [-0.2, 0) is 9.59 Å². The molecule has 6 nitrogen and oxygen atoms in total. The minimum Gasteiger partial charge on any atom is -0.388 e. The molecule has 0 aromatic heterocycles. The van der Waals surface area contributed by atoms with Crippen LogP contribution in [0, 0.1) is 0 Å². The number of amides is 2. The van der Waals surface area contributed by atoms with E-state index in [4.69, 9.17) is 11.5 Å². The topological polar surface area (TPSA) is 110 Å². The van der Waals surface area contributed by atoms with Gasteiger partial charge in [0.25, 0.3) is 0 Å². The molecule has 0 aliphatic rings. The van der Waals surface area contributed by atoms with Crippen molar-refractivity contribution in [3.63, 3.8) is 0 Å². The van der Waals surface area contributed by atoms with Crippen LogP contribution in [0.3, 0.4) is 0 Å². The molecule has 1 aromatic carbocycles. The summed E-state index contributed by atoms with van der Waals surface area (Å²) in [6.45, 7) is 1.71. The van der Waals surface area contributed by atoms with Gasteiger partial charge in [-0.3, -0.25) is 9.59 Å². The van der Waals surface area contributed by atoms with E-state index in [1.807, 2.05) is 6.92 Å². The number of primary amides is 2. The van der Waals surface area contributed by atoms with Gasteiger partial charge >= 0.3 is 0 Å². The highest BCUT2D eigenvalue weighted by atomic mass is 16.3. The van der Waals surface area contributed by atoms with Crippen LogP contribution in [-0.4, -0.2) is 30.0 Å². The third-order valence-corrected chi connectivity index (χ3v) is 2.72. The van der Waals surface area contributed by atoms with E-state index < -0.39 is 17.9 Å². The van der Waals surface area contributed by atoms with Crippen molar-refractivity contribution in [2.45, 2.75) is 19.4 Å². The molecule has 0 aliphatic heterocycles. The highest BCUT2D eigenvalue weighted by Gasteiger charge is 2.13. The Balaban J connectivity index is 2.89. The second-order valence-electron chi connectivity index (χ2n) is 4.30. The molecule has 0 fully saturated rings. The van der Waals surface area contributed by atoms with Gasteiger partial charge < -0.3 is 21.5 Å². The molecule has 0 unspecified atom stereocenters. The van der Waals surface area contributed by atoms with Gasteiger partial charge in [-0.05, 0) is 24.1 Å². The zero-order valence-corrected chi connectivity index (χ0v) is 10.9. The standard InChI is InChI=1S/C13H19N3O3/c1-2-11(17)9-3-5-10(6-4-9)16(7-12(14)18)8-13(15)19/h3-6,11,17H,2,7-8H2,1H3,(H2,14,18)(H2,15,19)/t11-/m1/s1. The summed E-state index contributed by atoms with van der Waals surface area (Å²) in [7, 11) is 0. The molecule has 0 aliphatic carbocycles. The number of anilines is 1. The molecule has 0 saturated heterocycles. The molecule has 0 spiro atoms. The molecule has 1 atom stereocenters. The maximum atomic E-state index is 11.0. The van der Waals surface area contributed by atoms with Gasteiger partial charge in [0.2, 0.25) is 11.8 Å². The molecule has 1 aromatic rings. The van der Waals surface area contributed by atoms with Crippen molar-refractivity contribution in [2.24, 2.45) is 11.5 Å². The number of aliphatic hydroxyl groups is 1. The largest absolute Gasteiger partial charge is 0.388 e. The SMILES string of the molecule is CC[C@@H](O)c1ccc(N(CC(N)=O)CC(N)=O)cc1. The Bertz CT molecular complexity index is 429. The van der Waals surface area contributed by atoms with E-state index in [9.17, 15) is 14.7 Å². The van der Waals surface area contributed by atoms with E-state index in [2.05, 4.69) is 0 Å². The van der Waals surface area contributed by atoms with Gasteiger partial charge in [-0.25, -0.2) is 0 Å². The Hall–Kier alpha value is -2.08. The Morgan fingerprint density at radius 2 is 1.63 bits per heavy atom. The molecular weight excluding hydrogens is 246 g/mol. The lowest BCUT2D eigenvalue weighted by Gasteiger charge is -2.22. The molecule has 6 heteroatoms. The molecular formula is C13H19N3O3. The average Bonchev–Trinajstić information content (AvgIpc) is 2.36. The lowest BCUT2D eigenvalue weighted by molar-refractivity contribution is -0.117. The number of rotatable bonds is 7. The van der Waals surface area contributed by atoms with Gasteiger partial charge in [-0.15, -0.1) is 0 Å². The van der Waals surface area contributed by atoms with Gasteiger partial charge in [0.05, 0.1) is 19.2 Å². The summed E-state index contributed by atoms with van der Waals surface area (Å²) >= 11 is 0. The number of carbonyl (C=O) groups is 2. The quantitative estimate of drug-likeness (QED) is 0.639. The first-order chi connectivity index (χ1) is 8.93. The summed E-state index contributed by atoms with van der Waals surface area (Å²) in [4.78, 5) is 23.4. The second kappa shape index (κ2) is 6.75. The monoisotopic (exact) mass is 265 g/mol. The van der Waals surface area contributed by atoms with Crippen LogP contribution in [0.15, 0.2) is 24.3 Å². The fraction of sp³-hybridized carbons (Fsp3) is 0.385. The van der Waals surface area contributed by atoms with Crippen molar-refractivity contribution in [1.29, 1.82) is 0 Å². The molecule has 2 amide bonds. The number of nitrogens with two attached hydrogens (primary N) is 2. The normalized spacial score (nSPS) is 11.9. The van der Waals surface area contributed by atoms with Crippen molar-refractivity contribution in [3.8, 4) is 0 Å². The van der Waals surface area contributed by atoms with E-state index in [0.29, 0.717) is 12.1 Å². The minimum atomic E-state index is -0.543. The Kier molecular flexibility index (Phi) is 5.32. The highest BCUT2D eigenvalue weighted by molar-refractivity contribution is 5.84. The molecule has 0 bridgehead atoms. The number of aliphatic hydroxyl groups excluding tert-OH is 1. The predicted molar refractivity (Wildman–Crippen MR) is 72.3 cm³/mol. The lowest BCUT2D eigenvalue weighted by atomic mass is 10.1. The number of nitrogens with zero attached hydrogens (tertiary/aromatic N) is 1. The fourth-order valence-electron chi connectivity index (χ4n) is 1.76. The first-order valence-electron chi connectivity index (χ1n) is 6.03. The summed E-state index contributed by atoms with van der Waals surface area (Å²) in [6, 6.07) is 6.94. The van der Waals surface area contributed by atoms with Crippen LogP contribution in [0.4, 0.5) is 5.69 Å². The zero-order valence-electron chi connectivity index (χ0n) is 10.9. The van der Waals surface area contributed by atoms with Gasteiger partial charge in [-0.2, -0.15) is 0 Å². The zero-order chi connectivity index (χ0) is 14.4. The Morgan fingerprint density at radius 1 is 1.16 bits per heavy atom. The van der Waals surface area contributed by atoms with Gasteiger partial charge in [0, 0.05) is 5.69 Å². The van der Waals surface area contributed by atoms with Gasteiger partial charge in [0.15, 0.2) is 0 Å². The van der Waals surface area contributed by atoms with Crippen molar-refractivity contribution in [1.82, 2.24) is 0 Å². The van der Waals surface area contributed by atoms with Gasteiger partial charge in [-0.1, -0.05) is 19.1 Å². The van der Waals surface area contributed by atoms with E-state index in [0.717, 1.165) is 5.56 Å². The lowest BCUT2D eigenvalue weighted by Crippen LogP contribution is -2.39. The maximum Gasteiger partial charge on any atom is 0.236 e. The second-order valence-corrected chi connectivity index (χ2v) is 4.30. The van der Waals surface area contributed by atoms with Crippen LogP contribution in [0.2, 0.25) is 0 Å². The molecule has 0 heterocycles. The summed E-state index contributed by atoms with van der Waals surface area (Å²) in [6.07, 6.45) is 0.0980.